The van der Waals surface area contributed by atoms with Gasteiger partial charge < -0.3 is 15.2 Å². The molecule has 1 aliphatic rings. The van der Waals surface area contributed by atoms with E-state index in [0.29, 0.717) is 18.5 Å². The lowest BCUT2D eigenvalue weighted by atomic mass is 10.0. The number of hydrogen-bond donors (Lipinski definition) is 2. The predicted octanol–water partition coefficient (Wildman–Crippen LogP) is 1.24. The summed E-state index contributed by atoms with van der Waals surface area (Å²) in [6, 6.07) is 2.41. The first-order valence-electron chi connectivity index (χ1n) is 7.62. The molecule has 0 aromatic carbocycles. The molecule has 2 amide bonds. The van der Waals surface area contributed by atoms with E-state index in [-0.39, 0.29) is 12.5 Å². The molecule has 126 valence electrons. The van der Waals surface area contributed by atoms with Crippen molar-refractivity contribution in [1.29, 1.82) is 0 Å². The molecule has 1 aromatic heterocycles. The van der Waals surface area contributed by atoms with Gasteiger partial charge in [-0.15, -0.1) is 0 Å². The lowest BCUT2D eigenvalue weighted by molar-refractivity contribution is -0.131. The number of hydrogen-bond acceptors (Lipinski definition) is 5. The number of rotatable bonds is 4. The normalized spacial score (nSPS) is 18.8. The summed E-state index contributed by atoms with van der Waals surface area (Å²) in [5.41, 5.74) is 0.114. The van der Waals surface area contributed by atoms with E-state index in [9.17, 15) is 14.7 Å². The fourth-order valence-corrected chi connectivity index (χ4v) is 2.28. The Kier molecular flexibility index (Phi) is 5.20. The maximum absolute atomic E-state index is 12.4. The molecule has 0 saturated carbocycles. The highest BCUT2D eigenvalue weighted by molar-refractivity contribution is 5.87. The van der Waals surface area contributed by atoms with Crippen molar-refractivity contribution in [3.8, 4) is 0 Å². The van der Waals surface area contributed by atoms with Crippen LogP contribution in [0.15, 0.2) is 24.5 Å². The van der Waals surface area contributed by atoms with Crippen LogP contribution in [0.5, 0.6) is 0 Å². The summed E-state index contributed by atoms with van der Waals surface area (Å²) in [7, 11) is 0. The molecule has 2 atom stereocenters. The average Bonchev–Trinajstić information content (AvgIpc) is 2.42. The lowest BCUT2D eigenvalue weighted by Gasteiger charge is -2.40. The second-order valence-electron chi connectivity index (χ2n) is 6.51. The number of aromatic nitrogens is 1. The van der Waals surface area contributed by atoms with E-state index >= 15 is 0 Å². The van der Waals surface area contributed by atoms with Crippen molar-refractivity contribution in [2.75, 3.05) is 13.2 Å². The monoisotopic (exact) mass is 321 g/mol. The average molecular weight is 321 g/mol. The molecule has 0 bridgehead atoms. The summed E-state index contributed by atoms with van der Waals surface area (Å²) in [5.74, 6) is -0.301. The van der Waals surface area contributed by atoms with Crippen LogP contribution in [0.3, 0.4) is 0 Å². The first-order chi connectivity index (χ1) is 10.8. The fraction of sp³-hybridized carbons (Fsp3) is 0.562. The van der Waals surface area contributed by atoms with Gasteiger partial charge in [-0.1, -0.05) is 6.07 Å². The molecule has 7 heteroatoms. The standard InChI is InChI=1S/C16H23N3O4/c1-16(2,3)23-15(22)19-8-6-13(19)14(21)18-12(10-20)11-5-4-7-17-9-11/h4-5,7,9,12-13,20H,6,8,10H2,1-3H3,(H,18,21)/t12?,13-/m1/s1. The Morgan fingerprint density at radius 2 is 2.26 bits per heavy atom. The third-order valence-corrected chi connectivity index (χ3v) is 3.54. The van der Waals surface area contributed by atoms with Gasteiger partial charge in [-0.25, -0.2) is 4.79 Å². The third-order valence-electron chi connectivity index (χ3n) is 3.54. The third kappa shape index (κ3) is 4.41. The molecule has 1 fully saturated rings. The zero-order valence-electron chi connectivity index (χ0n) is 13.7. The van der Waals surface area contributed by atoms with Gasteiger partial charge >= 0.3 is 6.09 Å². The van der Waals surface area contributed by atoms with E-state index < -0.39 is 23.8 Å². The molecule has 2 N–H and O–H groups in total. The number of nitrogens with one attached hydrogen (secondary N) is 1. The van der Waals surface area contributed by atoms with Gasteiger partial charge in [-0.3, -0.25) is 14.7 Å². The molecule has 2 heterocycles. The number of nitrogens with zero attached hydrogens (tertiary/aromatic N) is 2. The van der Waals surface area contributed by atoms with Crippen LogP contribution in [0.25, 0.3) is 0 Å². The predicted molar refractivity (Wildman–Crippen MR) is 83.6 cm³/mol. The topological polar surface area (TPSA) is 91.8 Å². The number of amides is 2. The summed E-state index contributed by atoms with van der Waals surface area (Å²) in [6.07, 6.45) is 3.30. The van der Waals surface area contributed by atoms with Gasteiger partial charge in [-0.2, -0.15) is 0 Å². The number of aliphatic hydroxyl groups excluding tert-OH is 1. The van der Waals surface area contributed by atoms with E-state index in [2.05, 4.69) is 10.3 Å². The van der Waals surface area contributed by atoms with Crippen LogP contribution in [0.1, 0.15) is 38.8 Å². The van der Waals surface area contributed by atoms with Gasteiger partial charge in [0.05, 0.1) is 12.6 Å². The van der Waals surface area contributed by atoms with Gasteiger partial charge in [-0.05, 0) is 38.8 Å². The van der Waals surface area contributed by atoms with Crippen LogP contribution in [0, 0.1) is 0 Å². The molecule has 0 aliphatic carbocycles. The quantitative estimate of drug-likeness (QED) is 0.870. The highest BCUT2D eigenvalue weighted by Crippen LogP contribution is 2.22. The maximum atomic E-state index is 12.4. The molecule has 23 heavy (non-hydrogen) atoms. The molecule has 1 saturated heterocycles. The van der Waals surface area contributed by atoms with Crippen LogP contribution in [0.4, 0.5) is 4.79 Å². The van der Waals surface area contributed by atoms with Crippen molar-refractivity contribution < 1.29 is 19.4 Å². The minimum atomic E-state index is -0.600. The number of carbonyl (C=O) groups is 2. The zero-order chi connectivity index (χ0) is 17.0. The molecular formula is C16H23N3O4. The minimum Gasteiger partial charge on any atom is -0.444 e. The first kappa shape index (κ1) is 17.2. The largest absolute Gasteiger partial charge is 0.444 e. The van der Waals surface area contributed by atoms with Crippen LogP contribution < -0.4 is 5.32 Å². The van der Waals surface area contributed by atoms with E-state index in [4.69, 9.17) is 4.74 Å². The Hall–Kier alpha value is -2.15. The minimum absolute atomic E-state index is 0.239. The highest BCUT2D eigenvalue weighted by atomic mass is 16.6. The number of carbonyl (C=O) groups excluding carboxylic acids is 2. The molecule has 0 spiro atoms. The van der Waals surface area contributed by atoms with E-state index in [1.807, 2.05) is 0 Å². The second-order valence-corrected chi connectivity index (χ2v) is 6.51. The van der Waals surface area contributed by atoms with Gasteiger partial charge in [0.2, 0.25) is 5.91 Å². The Morgan fingerprint density at radius 1 is 1.52 bits per heavy atom. The first-order valence-corrected chi connectivity index (χ1v) is 7.62. The summed E-state index contributed by atoms with van der Waals surface area (Å²) < 4.78 is 5.29. The van der Waals surface area contributed by atoms with Crippen molar-refractivity contribution in [2.45, 2.75) is 44.9 Å². The van der Waals surface area contributed by atoms with Crippen molar-refractivity contribution in [2.24, 2.45) is 0 Å². The molecule has 1 aliphatic heterocycles. The van der Waals surface area contributed by atoms with Crippen LogP contribution in [-0.2, 0) is 9.53 Å². The van der Waals surface area contributed by atoms with Gasteiger partial charge in [0.1, 0.15) is 11.6 Å². The molecule has 0 radical (unpaired) electrons. The molecular weight excluding hydrogens is 298 g/mol. The van der Waals surface area contributed by atoms with E-state index in [1.165, 1.54) is 4.90 Å². The number of likely N-dealkylation sites (tertiary alicyclic amines) is 1. The van der Waals surface area contributed by atoms with Crippen molar-refractivity contribution >= 4 is 12.0 Å². The SMILES string of the molecule is CC(C)(C)OC(=O)N1CC[C@@H]1C(=O)NC(CO)c1cccnc1. The Bertz CT molecular complexity index is 556. The highest BCUT2D eigenvalue weighted by Gasteiger charge is 2.40. The Labute approximate surface area is 135 Å². The van der Waals surface area contributed by atoms with Gasteiger partial charge in [0, 0.05) is 18.9 Å². The van der Waals surface area contributed by atoms with Crippen LogP contribution in [0.2, 0.25) is 0 Å². The summed E-state index contributed by atoms with van der Waals surface area (Å²) in [6.45, 7) is 5.60. The summed E-state index contributed by atoms with van der Waals surface area (Å²) in [5, 5.41) is 12.2. The molecule has 1 unspecified atom stereocenters. The zero-order valence-corrected chi connectivity index (χ0v) is 13.7. The molecule has 7 nitrogen and oxygen atoms in total. The fourth-order valence-electron chi connectivity index (χ4n) is 2.28. The number of aliphatic hydroxyl groups is 1. The molecule has 1 aromatic rings. The second kappa shape index (κ2) is 6.95. The Balaban J connectivity index is 1.96. The van der Waals surface area contributed by atoms with Crippen molar-refractivity contribution in [3.05, 3.63) is 30.1 Å². The van der Waals surface area contributed by atoms with Crippen LogP contribution >= 0.6 is 0 Å². The van der Waals surface area contributed by atoms with E-state index in [1.54, 1.807) is 45.3 Å². The van der Waals surface area contributed by atoms with Crippen molar-refractivity contribution in [1.82, 2.24) is 15.2 Å². The van der Waals surface area contributed by atoms with Gasteiger partial charge in [0.15, 0.2) is 0 Å². The number of ether oxygens (including phenoxy) is 1. The lowest BCUT2D eigenvalue weighted by Crippen LogP contribution is -2.59. The number of pyridine rings is 1. The van der Waals surface area contributed by atoms with Crippen LogP contribution in [-0.4, -0.2) is 51.8 Å². The summed E-state index contributed by atoms with van der Waals surface area (Å²) in [4.78, 5) is 29.8. The van der Waals surface area contributed by atoms with Gasteiger partial charge in [0.25, 0.3) is 0 Å². The maximum Gasteiger partial charge on any atom is 0.410 e. The summed E-state index contributed by atoms with van der Waals surface area (Å²) >= 11 is 0. The van der Waals surface area contributed by atoms with Crippen molar-refractivity contribution in [3.63, 3.8) is 0 Å². The smallest absolute Gasteiger partial charge is 0.410 e. The molecule has 2 rings (SSSR count). The Morgan fingerprint density at radius 3 is 2.74 bits per heavy atom. The van der Waals surface area contributed by atoms with E-state index in [0.717, 1.165) is 0 Å².